The number of sulfonamides is 2. The number of aliphatic hydroxyl groups is 1. The molecule has 0 bridgehead atoms. The van der Waals surface area contributed by atoms with Crippen LogP contribution in [0.2, 0.25) is 0 Å². The Hall–Kier alpha value is -3.50. The number of likely N-dealkylation sites (N-methyl/N-ethyl adjacent to an activating group) is 1. The van der Waals surface area contributed by atoms with Crippen LogP contribution in [0.5, 0.6) is 5.75 Å². The van der Waals surface area contributed by atoms with E-state index in [1.54, 1.807) is 45.0 Å². The Labute approximate surface area is 289 Å². The van der Waals surface area contributed by atoms with Gasteiger partial charge in [-0.25, -0.2) is 16.8 Å². The van der Waals surface area contributed by atoms with E-state index in [0.717, 1.165) is 12.0 Å². The van der Waals surface area contributed by atoms with Crippen molar-refractivity contribution >= 4 is 31.6 Å². The molecule has 2 N–H and O–H groups in total. The monoisotopic (exact) mass is 720 g/mol. The predicted octanol–water partition coefficient (Wildman–Crippen LogP) is 4.52. The molecule has 1 amide bonds. The van der Waals surface area contributed by atoms with Gasteiger partial charge in [0.1, 0.15) is 16.3 Å². The Morgan fingerprint density at radius 1 is 1.06 bits per heavy atom. The number of fused-ring (bicyclic) bond motifs is 1. The topological polar surface area (TPSA) is 169 Å². The molecule has 0 fully saturated rings. The number of nitrogens with one attached hydrogen (secondary N) is 1. The standard InChI is InChI=1S/C34H48N4O9S2/c1-22-11-14-29(15-12-22)48(41,42)36-28-13-16-31-30(18-28)34(40)38(24(3)21-39)19-23(2)32(45-17-9-8-10-25(4)46-31)20-37(7)49(43,44)33-26(5)35-47-27(33)6/h11-16,18,23-25,32,36,39H,8-10,17,19-21H2,1-7H3/t23-,24-,25+,32-/m1/s1. The first-order valence-electron chi connectivity index (χ1n) is 16.4. The first-order chi connectivity index (χ1) is 23.0. The number of aliphatic hydroxyl groups excluding tert-OH is 1. The summed E-state index contributed by atoms with van der Waals surface area (Å²) in [6.07, 6.45) is 1.19. The fourth-order valence-corrected chi connectivity index (χ4v) is 8.25. The van der Waals surface area contributed by atoms with Crippen LogP contribution in [0.3, 0.4) is 0 Å². The van der Waals surface area contributed by atoms with Crippen LogP contribution in [0.4, 0.5) is 5.69 Å². The van der Waals surface area contributed by atoms with Crippen LogP contribution in [-0.4, -0.2) is 93.8 Å². The van der Waals surface area contributed by atoms with Crippen molar-refractivity contribution in [2.24, 2.45) is 5.92 Å². The molecular formula is C34H48N4O9S2. The molecule has 0 radical (unpaired) electrons. The lowest BCUT2D eigenvalue weighted by Gasteiger charge is -2.35. The minimum absolute atomic E-state index is 0.00801. The summed E-state index contributed by atoms with van der Waals surface area (Å²) < 4.78 is 75.0. The summed E-state index contributed by atoms with van der Waals surface area (Å²) in [4.78, 5) is 16.0. The third kappa shape index (κ3) is 9.19. The summed E-state index contributed by atoms with van der Waals surface area (Å²) >= 11 is 0. The minimum Gasteiger partial charge on any atom is -0.490 e. The van der Waals surface area contributed by atoms with Crippen molar-refractivity contribution in [3.8, 4) is 5.75 Å². The Bertz CT molecular complexity index is 1790. The lowest BCUT2D eigenvalue weighted by Crippen LogP contribution is -2.48. The number of rotatable bonds is 9. The molecule has 4 atom stereocenters. The molecule has 0 saturated carbocycles. The van der Waals surface area contributed by atoms with Crippen molar-refractivity contribution in [3.63, 3.8) is 0 Å². The number of amides is 1. The summed E-state index contributed by atoms with van der Waals surface area (Å²) in [5, 5.41) is 14.0. The zero-order valence-electron chi connectivity index (χ0n) is 29.2. The third-order valence-electron chi connectivity index (χ3n) is 8.71. The van der Waals surface area contributed by atoms with Crippen LogP contribution in [0.25, 0.3) is 0 Å². The van der Waals surface area contributed by atoms with E-state index in [9.17, 15) is 26.7 Å². The Kier molecular flexibility index (Phi) is 12.5. The molecule has 15 heteroatoms. The van der Waals surface area contributed by atoms with E-state index in [1.165, 1.54) is 34.5 Å². The zero-order chi connectivity index (χ0) is 36.1. The lowest BCUT2D eigenvalue weighted by atomic mass is 10.0. The molecule has 1 aliphatic heterocycles. The van der Waals surface area contributed by atoms with Gasteiger partial charge in [0.15, 0.2) is 5.76 Å². The molecule has 2 heterocycles. The highest BCUT2D eigenvalue weighted by Crippen LogP contribution is 2.30. The van der Waals surface area contributed by atoms with Crippen molar-refractivity contribution in [1.29, 1.82) is 0 Å². The first-order valence-corrected chi connectivity index (χ1v) is 19.3. The van der Waals surface area contributed by atoms with Gasteiger partial charge in [-0.15, -0.1) is 0 Å². The fourth-order valence-electron chi connectivity index (χ4n) is 5.73. The summed E-state index contributed by atoms with van der Waals surface area (Å²) in [6.45, 7) is 10.5. The molecule has 0 unspecified atom stereocenters. The van der Waals surface area contributed by atoms with Crippen molar-refractivity contribution in [2.75, 3.05) is 38.1 Å². The normalized spacial score (nSPS) is 20.7. The maximum absolute atomic E-state index is 14.4. The zero-order valence-corrected chi connectivity index (χ0v) is 30.8. The quantitative estimate of drug-likeness (QED) is 0.321. The van der Waals surface area contributed by atoms with Crippen LogP contribution in [-0.2, 0) is 24.8 Å². The number of ether oxygens (including phenoxy) is 2. The third-order valence-corrected chi connectivity index (χ3v) is 12.2. The van der Waals surface area contributed by atoms with Crippen LogP contribution < -0.4 is 9.46 Å². The smallest absolute Gasteiger partial charge is 0.261 e. The molecule has 270 valence electrons. The highest BCUT2D eigenvalue weighted by Gasteiger charge is 2.34. The predicted molar refractivity (Wildman–Crippen MR) is 185 cm³/mol. The average Bonchev–Trinajstić information content (AvgIpc) is 3.40. The SMILES string of the molecule is Cc1ccc(S(=O)(=O)Nc2ccc3c(c2)C(=O)N([C@H](C)CO)C[C@@H](C)[C@@H](CN(C)S(=O)(=O)c2c(C)noc2C)OCCCC[C@H](C)O3)cc1. The van der Waals surface area contributed by atoms with Crippen LogP contribution in [0.1, 0.15) is 67.4 Å². The van der Waals surface area contributed by atoms with Gasteiger partial charge >= 0.3 is 0 Å². The minimum atomic E-state index is -3.97. The van der Waals surface area contributed by atoms with E-state index in [-0.39, 0.29) is 64.0 Å². The largest absolute Gasteiger partial charge is 0.490 e. The highest BCUT2D eigenvalue weighted by atomic mass is 32.2. The number of hydrogen-bond donors (Lipinski definition) is 2. The fraction of sp³-hybridized carbons (Fsp3) is 0.529. The summed E-state index contributed by atoms with van der Waals surface area (Å²) in [7, 11) is -6.47. The van der Waals surface area contributed by atoms with E-state index in [1.807, 2.05) is 20.8 Å². The molecular weight excluding hydrogens is 673 g/mol. The maximum atomic E-state index is 14.4. The molecule has 4 rings (SSSR count). The second kappa shape index (κ2) is 16.0. The molecule has 49 heavy (non-hydrogen) atoms. The van der Waals surface area contributed by atoms with Gasteiger partial charge < -0.3 is 24.0 Å². The van der Waals surface area contributed by atoms with Gasteiger partial charge in [0.25, 0.3) is 15.9 Å². The van der Waals surface area contributed by atoms with E-state index >= 15 is 0 Å². The molecule has 1 aromatic heterocycles. The molecule has 2 aromatic carbocycles. The molecule has 0 saturated heterocycles. The molecule has 0 spiro atoms. The van der Waals surface area contributed by atoms with Gasteiger partial charge in [-0.05, 0) is 84.2 Å². The Morgan fingerprint density at radius 3 is 2.39 bits per heavy atom. The average molecular weight is 721 g/mol. The first kappa shape index (κ1) is 38.3. The summed E-state index contributed by atoms with van der Waals surface area (Å²) in [5.74, 6) is -0.406. The van der Waals surface area contributed by atoms with Gasteiger partial charge in [-0.3, -0.25) is 9.52 Å². The van der Waals surface area contributed by atoms with Crippen LogP contribution >= 0.6 is 0 Å². The van der Waals surface area contributed by atoms with Gasteiger partial charge in [0.05, 0.1) is 35.3 Å². The second-order valence-corrected chi connectivity index (χ2v) is 16.5. The second-order valence-electron chi connectivity index (χ2n) is 12.9. The highest BCUT2D eigenvalue weighted by molar-refractivity contribution is 7.92. The van der Waals surface area contributed by atoms with E-state index < -0.39 is 44.0 Å². The Balaban J connectivity index is 1.69. The summed E-state index contributed by atoms with van der Waals surface area (Å²) in [6, 6.07) is 10.3. The maximum Gasteiger partial charge on any atom is 0.261 e. The van der Waals surface area contributed by atoms with Crippen molar-refractivity contribution in [1.82, 2.24) is 14.4 Å². The molecule has 0 aliphatic carbocycles. The number of hydrogen-bond acceptors (Lipinski definition) is 10. The number of aromatic nitrogens is 1. The van der Waals surface area contributed by atoms with E-state index in [2.05, 4.69) is 9.88 Å². The number of anilines is 1. The van der Waals surface area contributed by atoms with Crippen molar-refractivity contribution in [3.05, 3.63) is 65.0 Å². The van der Waals surface area contributed by atoms with Gasteiger partial charge in [0.2, 0.25) is 10.0 Å². The van der Waals surface area contributed by atoms with E-state index in [4.69, 9.17) is 14.0 Å². The van der Waals surface area contributed by atoms with Crippen molar-refractivity contribution in [2.45, 2.75) is 88.8 Å². The van der Waals surface area contributed by atoms with Gasteiger partial charge in [-0.1, -0.05) is 29.8 Å². The molecule has 3 aromatic rings. The van der Waals surface area contributed by atoms with Crippen LogP contribution in [0, 0.1) is 26.7 Å². The number of aryl methyl sites for hydroxylation is 3. The van der Waals surface area contributed by atoms with Gasteiger partial charge in [-0.2, -0.15) is 4.31 Å². The van der Waals surface area contributed by atoms with E-state index in [0.29, 0.717) is 19.4 Å². The molecule has 1 aliphatic rings. The molecule has 13 nitrogen and oxygen atoms in total. The van der Waals surface area contributed by atoms with Crippen LogP contribution in [0.15, 0.2) is 56.8 Å². The Morgan fingerprint density at radius 2 is 1.76 bits per heavy atom. The number of carbonyl (C=O) groups excluding carboxylic acids is 1. The number of nitrogens with zero attached hydrogens (tertiary/aromatic N) is 3. The van der Waals surface area contributed by atoms with Gasteiger partial charge in [0, 0.05) is 38.3 Å². The lowest BCUT2D eigenvalue weighted by molar-refractivity contribution is -0.00835. The summed E-state index contributed by atoms with van der Waals surface area (Å²) in [5.41, 5.74) is 1.46. The number of benzene rings is 2. The van der Waals surface area contributed by atoms with Crippen molar-refractivity contribution < 1.29 is 40.7 Å². The number of carbonyl (C=O) groups is 1.